The Hall–Kier alpha value is -1.95. The number of non-ortho nitro benzene ring substituents is 1. The van der Waals surface area contributed by atoms with Gasteiger partial charge in [0.05, 0.1) is 4.92 Å². The lowest BCUT2D eigenvalue weighted by Gasteiger charge is -2.08. The highest BCUT2D eigenvalue weighted by Gasteiger charge is 2.08. The summed E-state index contributed by atoms with van der Waals surface area (Å²) in [7, 11) is 0. The van der Waals surface area contributed by atoms with Crippen molar-refractivity contribution in [3.05, 3.63) is 62.9 Å². The molecule has 0 atom stereocenters. The number of benzene rings is 1. The standard InChI is InChI=1S/C13H12BrN3O2/c14-12-8-11(17(18)19)3-4-13(12)16-7-5-10-2-1-6-15-9-10/h1-4,6,8-9,16H,5,7H2. The summed E-state index contributed by atoms with van der Waals surface area (Å²) in [5.41, 5.74) is 2.06. The summed E-state index contributed by atoms with van der Waals surface area (Å²) < 4.78 is 0.688. The van der Waals surface area contributed by atoms with Gasteiger partial charge in [0.2, 0.25) is 0 Å². The lowest BCUT2D eigenvalue weighted by Crippen LogP contribution is -2.05. The summed E-state index contributed by atoms with van der Waals surface area (Å²) in [5, 5.41) is 13.9. The zero-order valence-corrected chi connectivity index (χ0v) is 11.6. The molecular formula is C13H12BrN3O2. The molecule has 1 heterocycles. The molecule has 0 radical (unpaired) electrons. The number of nitrogens with zero attached hydrogens (tertiary/aromatic N) is 2. The fourth-order valence-corrected chi connectivity index (χ4v) is 2.16. The Kier molecular flexibility index (Phi) is 4.46. The molecule has 2 rings (SSSR count). The first kappa shape index (κ1) is 13.5. The van der Waals surface area contributed by atoms with Crippen molar-refractivity contribution in [2.75, 3.05) is 11.9 Å². The second-order valence-corrected chi connectivity index (χ2v) is 4.81. The number of nitro benzene ring substituents is 1. The molecule has 0 aliphatic rings. The average molecular weight is 322 g/mol. The van der Waals surface area contributed by atoms with Crippen LogP contribution in [0, 0.1) is 10.1 Å². The number of rotatable bonds is 5. The van der Waals surface area contributed by atoms with Gasteiger partial charge in [-0.15, -0.1) is 0 Å². The number of hydrogen-bond donors (Lipinski definition) is 1. The van der Waals surface area contributed by atoms with Crippen LogP contribution in [-0.4, -0.2) is 16.5 Å². The van der Waals surface area contributed by atoms with Gasteiger partial charge >= 0.3 is 0 Å². The first-order valence-corrected chi connectivity index (χ1v) is 6.53. The molecule has 1 aromatic carbocycles. The monoisotopic (exact) mass is 321 g/mol. The first-order chi connectivity index (χ1) is 9.16. The van der Waals surface area contributed by atoms with E-state index in [9.17, 15) is 10.1 Å². The fourth-order valence-electron chi connectivity index (χ4n) is 1.65. The molecule has 1 aromatic heterocycles. The Bertz CT molecular complexity index is 575. The molecule has 0 saturated carbocycles. The van der Waals surface area contributed by atoms with Gasteiger partial charge in [-0.1, -0.05) is 6.07 Å². The van der Waals surface area contributed by atoms with E-state index >= 15 is 0 Å². The normalized spacial score (nSPS) is 10.2. The third kappa shape index (κ3) is 3.75. The number of nitro groups is 1. The van der Waals surface area contributed by atoms with Gasteiger partial charge < -0.3 is 5.32 Å². The first-order valence-electron chi connectivity index (χ1n) is 5.73. The van der Waals surface area contributed by atoms with E-state index in [1.54, 1.807) is 12.3 Å². The Morgan fingerprint density at radius 2 is 2.21 bits per heavy atom. The van der Waals surface area contributed by atoms with Crippen LogP contribution < -0.4 is 5.32 Å². The highest BCUT2D eigenvalue weighted by Crippen LogP contribution is 2.26. The van der Waals surface area contributed by atoms with Gasteiger partial charge in [-0.3, -0.25) is 15.1 Å². The summed E-state index contributed by atoms with van der Waals surface area (Å²) in [6.07, 6.45) is 4.41. The Labute approximate surface area is 119 Å². The number of halogens is 1. The van der Waals surface area contributed by atoms with Gasteiger partial charge in [0, 0.05) is 41.2 Å². The maximum absolute atomic E-state index is 10.6. The molecule has 0 amide bonds. The number of pyridine rings is 1. The van der Waals surface area contributed by atoms with Gasteiger partial charge in [-0.05, 0) is 40.0 Å². The van der Waals surface area contributed by atoms with Crippen LogP contribution in [0.2, 0.25) is 0 Å². The van der Waals surface area contributed by atoms with E-state index in [-0.39, 0.29) is 5.69 Å². The van der Waals surface area contributed by atoms with Crippen molar-refractivity contribution in [2.24, 2.45) is 0 Å². The van der Waals surface area contributed by atoms with E-state index < -0.39 is 4.92 Å². The number of aromatic nitrogens is 1. The maximum atomic E-state index is 10.6. The second kappa shape index (κ2) is 6.29. The average Bonchev–Trinajstić information content (AvgIpc) is 2.41. The van der Waals surface area contributed by atoms with Crippen LogP contribution in [0.25, 0.3) is 0 Å². The van der Waals surface area contributed by atoms with Crippen LogP contribution in [0.3, 0.4) is 0 Å². The molecule has 0 saturated heterocycles. The number of nitrogens with one attached hydrogen (secondary N) is 1. The Morgan fingerprint density at radius 1 is 1.37 bits per heavy atom. The van der Waals surface area contributed by atoms with Crippen LogP contribution in [-0.2, 0) is 6.42 Å². The minimum atomic E-state index is -0.413. The van der Waals surface area contributed by atoms with Crippen molar-refractivity contribution in [1.82, 2.24) is 4.98 Å². The smallest absolute Gasteiger partial charge is 0.270 e. The molecule has 2 aromatic rings. The second-order valence-electron chi connectivity index (χ2n) is 3.96. The van der Waals surface area contributed by atoms with Crippen molar-refractivity contribution in [3.8, 4) is 0 Å². The lowest BCUT2D eigenvalue weighted by molar-refractivity contribution is -0.384. The molecule has 0 fully saturated rings. The predicted octanol–water partition coefficient (Wildman–Crippen LogP) is 3.41. The van der Waals surface area contributed by atoms with Crippen LogP contribution in [0.4, 0.5) is 11.4 Å². The molecule has 19 heavy (non-hydrogen) atoms. The van der Waals surface area contributed by atoms with E-state index in [1.165, 1.54) is 12.1 Å². The topological polar surface area (TPSA) is 68.1 Å². The summed E-state index contributed by atoms with van der Waals surface area (Å²) in [4.78, 5) is 14.3. The third-order valence-electron chi connectivity index (χ3n) is 2.62. The largest absolute Gasteiger partial charge is 0.384 e. The zero-order chi connectivity index (χ0) is 13.7. The van der Waals surface area contributed by atoms with Crippen molar-refractivity contribution in [1.29, 1.82) is 0 Å². The highest BCUT2D eigenvalue weighted by atomic mass is 79.9. The van der Waals surface area contributed by atoms with E-state index in [0.29, 0.717) is 4.47 Å². The quantitative estimate of drug-likeness (QED) is 0.677. The van der Waals surface area contributed by atoms with Gasteiger partial charge in [-0.25, -0.2) is 0 Å². The van der Waals surface area contributed by atoms with Crippen molar-refractivity contribution < 1.29 is 4.92 Å². The Balaban J connectivity index is 1.95. The fraction of sp³-hybridized carbons (Fsp3) is 0.154. The van der Waals surface area contributed by atoms with E-state index in [1.807, 2.05) is 18.3 Å². The maximum Gasteiger partial charge on any atom is 0.270 e. The summed E-state index contributed by atoms with van der Waals surface area (Å²) >= 11 is 3.32. The molecule has 0 unspecified atom stereocenters. The molecule has 0 aliphatic carbocycles. The minimum Gasteiger partial charge on any atom is -0.384 e. The van der Waals surface area contributed by atoms with Crippen molar-refractivity contribution in [2.45, 2.75) is 6.42 Å². The summed E-state index contributed by atoms with van der Waals surface area (Å²) in [5.74, 6) is 0. The van der Waals surface area contributed by atoms with Crippen molar-refractivity contribution >= 4 is 27.3 Å². The van der Waals surface area contributed by atoms with Crippen LogP contribution in [0.15, 0.2) is 47.2 Å². The number of anilines is 1. The van der Waals surface area contributed by atoms with Gasteiger partial charge in [0.1, 0.15) is 0 Å². The molecule has 0 spiro atoms. The van der Waals surface area contributed by atoms with Gasteiger partial charge in [0.15, 0.2) is 0 Å². The van der Waals surface area contributed by atoms with E-state index in [4.69, 9.17) is 0 Å². The van der Waals surface area contributed by atoms with Gasteiger partial charge in [-0.2, -0.15) is 0 Å². The van der Waals surface area contributed by atoms with Crippen LogP contribution in [0.1, 0.15) is 5.56 Å². The van der Waals surface area contributed by atoms with E-state index in [2.05, 4.69) is 26.2 Å². The highest BCUT2D eigenvalue weighted by molar-refractivity contribution is 9.10. The SMILES string of the molecule is O=[N+]([O-])c1ccc(NCCc2cccnc2)c(Br)c1. The lowest BCUT2D eigenvalue weighted by atomic mass is 10.2. The van der Waals surface area contributed by atoms with Crippen LogP contribution in [0.5, 0.6) is 0 Å². The minimum absolute atomic E-state index is 0.0738. The zero-order valence-electron chi connectivity index (χ0n) is 10.0. The molecule has 6 heteroatoms. The molecule has 0 bridgehead atoms. The van der Waals surface area contributed by atoms with Gasteiger partial charge in [0.25, 0.3) is 5.69 Å². The third-order valence-corrected chi connectivity index (χ3v) is 3.27. The van der Waals surface area contributed by atoms with Crippen molar-refractivity contribution in [3.63, 3.8) is 0 Å². The molecular weight excluding hydrogens is 310 g/mol. The molecule has 5 nitrogen and oxygen atoms in total. The van der Waals surface area contributed by atoms with Crippen LogP contribution >= 0.6 is 15.9 Å². The summed E-state index contributed by atoms with van der Waals surface area (Å²) in [6.45, 7) is 0.738. The van der Waals surface area contributed by atoms with E-state index in [0.717, 1.165) is 24.2 Å². The number of hydrogen-bond acceptors (Lipinski definition) is 4. The molecule has 1 N–H and O–H groups in total. The Morgan fingerprint density at radius 3 is 2.84 bits per heavy atom. The summed E-state index contributed by atoms with van der Waals surface area (Å²) in [6, 6.07) is 8.59. The molecule has 0 aliphatic heterocycles. The predicted molar refractivity (Wildman–Crippen MR) is 77.2 cm³/mol. The molecule has 98 valence electrons.